The number of nitrogens with zero attached hydrogens (tertiary/aromatic N) is 1. The maximum absolute atomic E-state index is 12.0. The predicted molar refractivity (Wildman–Crippen MR) is 65.0 cm³/mol. The predicted octanol–water partition coefficient (Wildman–Crippen LogP) is 1.07. The fourth-order valence-electron chi connectivity index (χ4n) is 2.63. The van der Waals surface area contributed by atoms with Crippen LogP contribution in [0, 0.1) is 11.8 Å². The summed E-state index contributed by atoms with van der Waals surface area (Å²) in [6.45, 7) is 1.37. The Balaban J connectivity index is 1.77. The molecule has 0 aromatic rings. The number of allylic oxidation sites excluding steroid dienone is 2. The maximum atomic E-state index is 12.0. The van der Waals surface area contributed by atoms with E-state index in [1.54, 1.807) is 0 Å². The van der Waals surface area contributed by atoms with E-state index in [9.17, 15) is 9.59 Å². The summed E-state index contributed by atoms with van der Waals surface area (Å²) in [5.74, 6) is 0.391. The van der Waals surface area contributed by atoms with Gasteiger partial charge in [0, 0.05) is 25.4 Å². The Bertz CT molecular complexity index is 330. The fourth-order valence-corrected chi connectivity index (χ4v) is 2.63. The van der Waals surface area contributed by atoms with Crippen LogP contribution in [0.5, 0.6) is 0 Å². The first-order valence-electron chi connectivity index (χ1n) is 6.40. The number of likely N-dealkylation sites (tertiary alicyclic amines) is 1. The molecule has 0 aromatic carbocycles. The van der Waals surface area contributed by atoms with E-state index in [0.29, 0.717) is 25.4 Å². The van der Waals surface area contributed by atoms with Crippen LogP contribution in [0.2, 0.25) is 0 Å². The standard InChI is InChI=1S/C13H20N2O2/c14-13(17)11-5-7-15(8-6-11)12(16)9-10-3-1-2-4-10/h1,3,10-11H,2,4-9H2,(H2,14,17)/t10-/m0/s1. The smallest absolute Gasteiger partial charge is 0.223 e. The Morgan fingerprint density at radius 2 is 1.94 bits per heavy atom. The molecule has 0 aromatic heterocycles. The molecule has 2 aliphatic rings. The lowest BCUT2D eigenvalue weighted by atomic mass is 9.95. The highest BCUT2D eigenvalue weighted by Crippen LogP contribution is 2.23. The highest BCUT2D eigenvalue weighted by Gasteiger charge is 2.26. The lowest BCUT2D eigenvalue weighted by Gasteiger charge is -2.31. The molecule has 4 heteroatoms. The van der Waals surface area contributed by atoms with E-state index >= 15 is 0 Å². The Morgan fingerprint density at radius 1 is 1.24 bits per heavy atom. The molecular formula is C13H20N2O2. The van der Waals surface area contributed by atoms with Crippen LogP contribution in [0.1, 0.15) is 32.1 Å². The molecule has 2 rings (SSSR count). The van der Waals surface area contributed by atoms with E-state index < -0.39 is 0 Å². The molecule has 2 N–H and O–H groups in total. The topological polar surface area (TPSA) is 63.4 Å². The zero-order valence-corrected chi connectivity index (χ0v) is 10.1. The molecule has 1 saturated heterocycles. The zero-order chi connectivity index (χ0) is 12.3. The van der Waals surface area contributed by atoms with Crippen molar-refractivity contribution < 1.29 is 9.59 Å². The summed E-state index contributed by atoms with van der Waals surface area (Å²) in [5, 5.41) is 0. The Morgan fingerprint density at radius 3 is 2.47 bits per heavy atom. The number of rotatable bonds is 3. The molecule has 1 atom stereocenters. The van der Waals surface area contributed by atoms with Gasteiger partial charge >= 0.3 is 0 Å². The summed E-state index contributed by atoms with van der Waals surface area (Å²) in [6, 6.07) is 0. The van der Waals surface area contributed by atoms with Gasteiger partial charge in [0.2, 0.25) is 11.8 Å². The van der Waals surface area contributed by atoms with E-state index in [1.165, 1.54) is 0 Å². The third-order valence-corrected chi connectivity index (χ3v) is 3.80. The van der Waals surface area contributed by atoms with Crippen molar-refractivity contribution in [3.63, 3.8) is 0 Å². The van der Waals surface area contributed by atoms with Crippen molar-refractivity contribution in [2.24, 2.45) is 17.6 Å². The molecule has 0 spiro atoms. The number of primary amides is 1. The summed E-state index contributed by atoms with van der Waals surface area (Å²) in [4.78, 5) is 24.9. The molecule has 94 valence electrons. The molecule has 0 unspecified atom stereocenters. The van der Waals surface area contributed by atoms with Crippen LogP contribution in [0.25, 0.3) is 0 Å². The summed E-state index contributed by atoms with van der Waals surface area (Å²) >= 11 is 0. The zero-order valence-electron chi connectivity index (χ0n) is 10.1. The Kier molecular flexibility index (Phi) is 3.82. The minimum absolute atomic E-state index is 0.0366. The van der Waals surface area contributed by atoms with Gasteiger partial charge in [-0.1, -0.05) is 12.2 Å². The van der Waals surface area contributed by atoms with E-state index in [0.717, 1.165) is 25.7 Å². The van der Waals surface area contributed by atoms with Crippen LogP contribution in [-0.4, -0.2) is 29.8 Å². The summed E-state index contributed by atoms with van der Waals surface area (Å²) in [5.41, 5.74) is 5.27. The van der Waals surface area contributed by atoms with Gasteiger partial charge in [-0.2, -0.15) is 0 Å². The van der Waals surface area contributed by atoms with Crippen LogP contribution < -0.4 is 5.73 Å². The largest absolute Gasteiger partial charge is 0.369 e. The van der Waals surface area contributed by atoms with Gasteiger partial charge in [-0.25, -0.2) is 0 Å². The van der Waals surface area contributed by atoms with E-state index in [4.69, 9.17) is 5.73 Å². The second-order valence-corrected chi connectivity index (χ2v) is 5.03. The van der Waals surface area contributed by atoms with Crippen LogP contribution in [0.15, 0.2) is 12.2 Å². The Labute approximate surface area is 102 Å². The maximum Gasteiger partial charge on any atom is 0.223 e. The van der Waals surface area contributed by atoms with Gasteiger partial charge in [-0.15, -0.1) is 0 Å². The number of carbonyl (C=O) groups is 2. The van der Waals surface area contributed by atoms with Crippen LogP contribution in [-0.2, 0) is 9.59 Å². The average Bonchev–Trinajstić information content (AvgIpc) is 2.82. The second-order valence-electron chi connectivity index (χ2n) is 5.03. The Hall–Kier alpha value is -1.32. The van der Waals surface area contributed by atoms with Crippen molar-refractivity contribution in [1.82, 2.24) is 4.90 Å². The van der Waals surface area contributed by atoms with Gasteiger partial charge < -0.3 is 10.6 Å². The monoisotopic (exact) mass is 236 g/mol. The minimum Gasteiger partial charge on any atom is -0.369 e. The van der Waals surface area contributed by atoms with Crippen molar-refractivity contribution in [2.75, 3.05) is 13.1 Å². The summed E-state index contributed by atoms with van der Waals surface area (Å²) in [7, 11) is 0. The number of hydrogen-bond acceptors (Lipinski definition) is 2. The van der Waals surface area contributed by atoms with Crippen molar-refractivity contribution in [2.45, 2.75) is 32.1 Å². The molecule has 17 heavy (non-hydrogen) atoms. The molecule has 0 saturated carbocycles. The molecule has 1 aliphatic carbocycles. The first-order chi connectivity index (χ1) is 8.16. The van der Waals surface area contributed by atoms with Crippen LogP contribution in [0.3, 0.4) is 0 Å². The van der Waals surface area contributed by atoms with Gasteiger partial charge in [0.1, 0.15) is 0 Å². The molecule has 1 heterocycles. The normalized spacial score (nSPS) is 25.2. The van der Waals surface area contributed by atoms with Gasteiger partial charge in [0.05, 0.1) is 0 Å². The molecule has 1 aliphatic heterocycles. The highest BCUT2D eigenvalue weighted by atomic mass is 16.2. The SMILES string of the molecule is NC(=O)C1CCN(C(=O)C[C@H]2C=CCC2)CC1. The van der Waals surface area contributed by atoms with Crippen molar-refractivity contribution in [1.29, 1.82) is 0 Å². The quantitative estimate of drug-likeness (QED) is 0.745. The lowest BCUT2D eigenvalue weighted by molar-refractivity contribution is -0.135. The van der Waals surface area contributed by atoms with Gasteiger partial charge in [0.25, 0.3) is 0 Å². The van der Waals surface area contributed by atoms with Crippen molar-refractivity contribution in [3.05, 3.63) is 12.2 Å². The van der Waals surface area contributed by atoms with Crippen LogP contribution >= 0.6 is 0 Å². The average molecular weight is 236 g/mol. The van der Waals surface area contributed by atoms with Gasteiger partial charge in [-0.3, -0.25) is 9.59 Å². The van der Waals surface area contributed by atoms with Crippen molar-refractivity contribution in [3.8, 4) is 0 Å². The van der Waals surface area contributed by atoms with Crippen LogP contribution in [0.4, 0.5) is 0 Å². The third kappa shape index (κ3) is 3.08. The molecule has 0 bridgehead atoms. The number of amides is 2. The number of piperidine rings is 1. The van der Waals surface area contributed by atoms with E-state index in [2.05, 4.69) is 12.2 Å². The first-order valence-corrected chi connectivity index (χ1v) is 6.40. The molecule has 2 amide bonds. The third-order valence-electron chi connectivity index (χ3n) is 3.80. The number of hydrogen-bond donors (Lipinski definition) is 1. The molecule has 4 nitrogen and oxygen atoms in total. The number of carbonyl (C=O) groups excluding carboxylic acids is 2. The minimum atomic E-state index is -0.226. The number of nitrogens with two attached hydrogens (primary N) is 1. The summed E-state index contributed by atoms with van der Waals surface area (Å²) < 4.78 is 0. The van der Waals surface area contributed by atoms with Gasteiger partial charge in [0.15, 0.2) is 0 Å². The van der Waals surface area contributed by atoms with Gasteiger partial charge in [-0.05, 0) is 31.6 Å². The molecule has 0 radical (unpaired) electrons. The fraction of sp³-hybridized carbons (Fsp3) is 0.692. The molecular weight excluding hydrogens is 216 g/mol. The van der Waals surface area contributed by atoms with E-state index in [-0.39, 0.29) is 17.7 Å². The summed E-state index contributed by atoms with van der Waals surface area (Å²) in [6.07, 6.45) is 8.57. The highest BCUT2D eigenvalue weighted by molar-refractivity contribution is 5.79. The second kappa shape index (κ2) is 5.34. The van der Waals surface area contributed by atoms with Crippen molar-refractivity contribution >= 4 is 11.8 Å². The van der Waals surface area contributed by atoms with E-state index in [1.807, 2.05) is 4.90 Å². The molecule has 1 fully saturated rings. The first kappa shape index (κ1) is 12.1. The lowest BCUT2D eigenvalue weighted by Crippen LogP contribution is -2.42.